The van der Waals surface area contributed by atoms with Crippen molar-refractivity contribution in [1.82, 2.24) is 0 Å². The van der Waals surface area contributed by atoms with Gasteiger partial charge in [-0.25, -0.2) is 0 Å². The van der Waals surface area contributed by atoms with E-state index in [0.29, 0.717) is 35.4 Å². The molecule has 1 aliphatic carbocycles. The Morgan fingerprint density at radius 2 is 2.00 bits per heavy atom. The normalized spacial score (nSPS) is 25.0. The van der Waals surface area contributed by atoms with Crippen LogP contribution in [0.15, 0.2) is 42.5 Å². The molecule has 5 nitrogen and oxygen atoms in total. The Kier molecular flexibility index (Phi) is 3.21. The molecule has 0 spiro atoms. The number of hydrogen-bond donors (Lipinski definition) is 2. The summed E-state index contributed by atoms with van der Waals surface area (Å²) in [5, 5.41) is 13.9. The Morgan fingerprint density at radius 3 is 2.79 bits per heavy atom. The minimum atomic E-state index is -1.84. The number of benzene rings is 2. The number of Topliss-reactive ketones (excluding diaryl/α,β-unsaturated/α-hetero) is 1. The summed E-state index contributed by atoms with van der Waals surface area (Å²) in [4.78, 5) is 25.5. The lowest BCUT2D eigenvalue weighted by atomic mass is 9.71. The van der Waals surface area contributed by atoms with Crippen molar-refractivity contribution in [3.63, 3.8) is 0 Å². The van der Waals surface area contributed by atoms with Gasteiger partial charge in [-0.2, -0.15) is 0 Å². The predicted molar refractivity (Wildman–Crippen MR) is 88.1 cm³/mol. The Bertz CT molecular complexity index is 860. The minimum Gasteiger partial charge on any atom is -0.497 e. The van der Waals surface area contributed by atoms with Gasteiger partial charge in [0.25, 0.3) is 5.91 Å². The molecule has 2 atom stereocenters. The van der Waals surface area contributed by atoms with Gasteiger partial charge in [-0.15, -0.1) is 0 Å². The second-order valence-electron chi connectivity index (χ2n) is 6.24. The molecule has 0 bridgehead atoms. The van der Waals surface area contributed by atoms with E-state index in [0.717, 1.165) is 5.56 Å². The van der Waals surface area contributed by atoms with E-state index < -0.39 is 17.4 Å². The number of anilines is 1. The lowest BCUT2D eigenvalue weighted by Crippen LogP contribution is -2.47. The Labute approximate surface area is 139 Å². The maximum absolute atomic E-state index is 12.9. The van der Waals surface area contributed by atoms with E-state index in [1.807, 2.05) is 12.1 Å². The van der Waals surface area contributed by atoms with Crippen molar-refractivity contribution in [2.75, 3.05) is 12.4 Å². The first-order valence-electron chi connectivity index (χ1n) is 7.90. The molecule has 0 saturated carbocycles. The quantitative estimate of drug-likeness (QED) is 0.889. The summed E-state index contributed by atoms with van der Waals surface area (Å²) in [6, 6.07) is 12.4. The molecule has 24 heavy (non-hydrogen) atoms. The SMILES string of the molecule is COc1ccc2c(c1)NC(=O)C2(O)C1CCc2ccccc2C1=O. The number of ether oxygens (including phenoxy) is 1. The standard InChI is InChI=1S/C19H17NO4/c1-24-12-7-9-14-16(10-12)20-18(22)19(14,23)15-8-6-11-4-2-3-5-13(11)17(15)21/h2-5,7,9-10,15,23H,6,8H2,1H3,(H,20,22). The highest BCUT2D eigenvalue weighted by Gasteiger charge is 2.54. The number of ketones is 1. The van der Waals surface area contributed by atoms with Crippen LogP contribution in [0, 0.1) is 5.92 Å². The smallest absolute Gasteiger partial charge is 0.261 e. The molecule has 2 aromatic carbocycles. The van der Waals surface area contributed by atoms with E-state index in [1.54, 1.807) is 30.3 Å². The molecule has 122 valence electrons. The maximum atomic E-state index is 12.9. The van der Waals surface area contributed by atoms with Crippen LogP contribution < -0.4 is 10.1 Å². The zero-order valence-corrected chi connectivity index (χ0v) is 13.2. The van der Waals surface area contributed by atoms with Crippen LogP contribution in [0.4, 0.5) is 5.69 Å². The third kappa shape index (κ3) is 1.91. The van der Waals surface area contributed by atoms with E-state index >= 15 is 0 Å². The van der Waals surface area contributed by atoms with Gasteiger partial charge in [0, 0.05) is 17.2 Å². The summed E-state index contributed by atoms with van der Waals surface area (Å²) < 4.78 is 5.16. The summed E-state index contributed by atoms with van der Waals surface area (Å²) in [6.07, 6.45) is 1.10. The average Bonchev–Trinajstić information content (AvgIpc) is 2.86. The predicted octanol–water partition coefficient (Wildman–Crippen LogP) is 2.28. The van der Waals surface area contributed by atoms with Crippen molar-refractivity contribution < 1.29 is 19.4 Å². The fraction of sp³-hybridized carbons (Fsp3) is 0.263. The van der Waals surface area contributed by atoms with Gasteiger partial charge in [0.1, 0.15) is 5.75 Å². The van der Waals surface area contributed by atoms with E-state index in [-0.39, 0.29) is 5.78 Å². The fourth-order valence-electron chi connectivity index (χ4n) is 3.77. The van der Waals surface area contributed by atoms with E-state index in [9.17, 15) is 14.7 Å². The lowest BCUT2D eigenvalue weighted by Gasteiger charge is -2.33. The van der Waals surface area contributed by atoms with Crippen LogP contribution in [0.2, 0.25) is 0 Å². The summed E-state index contributed by atoms with van der Waals surface area (Å²) >= 11 is 0. The first-order valence-corrected chi connectivity index (χ1v) is 7.90. The summed E-state index contributed by atoms with van der Waals surface area (Å²) in [5.74, 6) is -0.942. The molecule has 0 aromatic heterocycles. The zero-order valence-electron chi connectivity index (χ0n) is 13.2. The molecule has 2 unspecified atom stereocenters. The lowest BCUT2D eigenvalue weighted by molar-refractivity contribution is -0.138. The van der Waals surface area contributed by atoms with Crippen LogP contribution in [-0.2, 0) is 16.8 Å². The van der Waals surface area contributed by atoms with Crippen molar-refractivity contribution in [2.24, 2.45) is 5.92 Å². The Hall–Kier alpha value is -2.66. The number of fused-ring (bicyclic) bond motifs is 2. The van der Waals surface area contributed by atoms with E-state index in [2.05, 4.69) is 5.32 Å². The number of methoxy groups -OCH3 is 1. The highest BCUT2D eigenvalue weighted by molar-refractivity contribution is 6.11. The number of aryl methyl sites for hydroxylation is 1. The van der Waals surface area contributed by atoms with Gasteiger partial charge in [0.15, 0.2) is 11.4 Å². The molecule has 5 heteroatoms. The molecule has 1 amide bonds. The largest absolute Gasteiger partial charge is 0.497 e. The van der Waals surface area contributed by atoms with Gasteiger partial charge >= 0.3 is 0 Å². The third-order valence-corrected chi connectivity index (χ3v) is 5.04. The van der Waals surface area contributed by atoms with Crippen LogP contribution in [0.3, 0.4) is 0 Å². The number of carbonyl (C=O) groups excluding carboxylic acids is 2. The van der Waals surface area contributed by atoms with Gasteiger partial charge in [0.2, 0.25) is 0 Å². The zero-order chi connectivity index (χ0) is 16.9. The van der Waals surface area contributed by atoms with Gasteiger partial charge in [0.05, 0.1) is 18.7 Å². The topological polar surface area (TPSA) is 75.6 Å². The number of aliphatic hydroxyl groups is 1. The van der Waals surface area contributed by atoms with Gasteiger partial charge in [-0.05, 0) is 30.5 Å². The van der Waals surface area contributed by atoms with Crippen LogP contribution in [0.1, 0.15) is 27.9 Å². The minimum absolute atomic E-state index is 0.182. The number of rotatable bonds is 2. The number of hydrogen-bond acceptors (Lipinski definition) is 4. The summed E-state index contributed by atoms with van der Waals surface area (Å²) in [7, 11) is 1.53. The van der Waals surface area contributed by atoms with Crippen LogP contribution in [0.25, 0.3) is 0 Å². The number of carbonyl (C=O) groups is 2. The number of amides is 1. The van der Waals surface area contributed by atoms with Crippen LogP contribution >= 0.6 is 0 Å². The molecule has 1 aliphatic heterocycles. The maximum Gasteiger partial charge on any atom is 0.261 e. The van der Waals surface area contributed by atoms with E-state index in [1.165, 1.54) is 7.11 Å². The Morgan fingerprint density at radius 1 is 1.21 bits per heavy atom. The van der Waals surface area contributed by atoms with E-state index in [4.69, 9.17) is 4.74 Å². The molecule has 2 N–H and O–H groups in total. The van der Waals surface area contributed by atoms with Gasteiger partial charge < -0.3 is 15.2 Å². The summed E-state index contributed by atoms with van der Waals surface area (Å²) in [6.45, 7) is 0. The molecule has 0 radical (unpaired) electrons. The van der Waals surface area contributed by atoms with Crippen molar-refractivity contribution in [3.8, 4) is 5.75 Å². The first kappa shape index (κ1) is 14.9. The van der Waals surface area contributed by atoms with Crippen molar-refractivity contribution >= 4 is 17.4 Å². The van der Waals surface area contributed by atoms with Crippen molar-refractivity contribution in [3.05, 3.63) is 59.2 Å². The van der Waals surface area contributed by atoms with Crippen LogP contribution in [-0.4, -0.2) is 23.9 Å². The average molecular weight is 323 g/mol. The fourth-order valence-corrected chi connectivity index (χ4v) is 3.77. The monoisotopic (exact) mass is 323 g/mol. The second kappa shape index (κ2) is 5.18. The molecular formula is C19H17NO4. The highest BCUT2D eigenvalue weighted by Crippen LogP contribution is 2.46. The van der Waals surface area contributed by atoms with Crippen LogP contribution in [0.5, 0.6) is 5.75 Å². The molecule has 4 rings (SSSR count). The first-order chi connectivity index (χ1) is 11.6. The molecule has 0 fully saturated rings. The molecule has 0 saturated heterocycles. The second-order valence-corrected chi connectivity index (χ2v) is 6.24. The van der Waals surface area contributed by atoms with Gasteiger partial charge in [-0.1, -0.05) is 24.3 Å². The van der Waals surface area contributed by atoms with Crippen molar-refractivity contribution in [2.45, 2.75) is 18.4 Å². The van der Waals surface area contributed by atoms with Crippen molar-refractivity contribution in [1.29, 1.82) is 0 Å². The van der Waals surface area contributed by atoms with Gasteiger partial charge in [-0.3, -0.25) is 9.59 Å². The molecule has 1 heterocycles. The Balaban J connectivity index is 1.80. The number of nitrogens with one attached hydrogen (secondary N) is 1. The third-order valence-electron chi connectivity index (χ3n) is 5.04. The molecule has 2 aliphatic rings. The molecule has 2 aromatic rings. The molecular weight excluding hydrogens is 306 g/mol. The summed E-state index contributed by atoms with van der Waals surface area (Å²) in [5.41, 5.74) is 0.652. The highest BCUT2D eigenvalue weighted by atomic mass is 16.5.